The Labute approximate surface area is 157 Å². The van der Waals surface area contributed by atoms with Gasteiger partial charge in [0.1, 0.15) is 5.60 Å². The second kappa shape index (κ2) is 7.51. The van der Waals surface area contributed by atoms with Crippen molar-refractivity contribution in [3.8, 4) is 0 Å². The molecular weight excluding hydrogens is 328 g/mol. The topological polar surface area (TPSA) is 9.23 Å². The van der Waals surface area contributed by atoms with Gasteiger partial charge in [0.25, 0.3) is 0 Å². The molecule has 0 bridgehead atoms. The molecule has 1 nitrogen and oxygen atoms in total. The lowest BCUT2D eigenvalue weighted by Gasteiger charge is -2.49. The van der Waals surface area contributed by atoms with Gasteiger partial charge >= 0.3 is 0 Å². The molecule has 1 aliphatic carbocycles. The van der Waals surface area contributed by atoms with Crippen LogP contribution in [-0.4, -0.2) is 12.5 Å². The second-order valence-electron chi connectivity index (χ2n) is 7.07. The maximum Gasteiger partial charge on any atom is 0.132 e. The third kappa shape index (κ3) is 2.73. The predicted molar refractivity (Wildman–Crippen MR) is 107 cm³/mol. The first-order valence-electron chi connectivity index (χ1n) is 9.60. The highest BCUT2D eigenvalue weighted by Crippen LogP contribution is 2.54. The van der Waals surface area contributed by atoms with E-state index in [4.69, 9.17) is 16.3 Å². The monoisotopic (exact) mass is 356 g/mol. The second-order valence-corrected chi connectivity index (χ2v) is 7.33. The number of hydrogen-bond acceptors (Lipinski definition) is 1. The Hall–Kier alpha value is -1.31. The van der Waals surface area contributed by atoms with E-state index >= 15 is 0 Å². The Bertz CT molecular complexity index is 666. The first-order valence-corrected chi connectivity index (χ1v) is 10.1. The van der Waals surface area contributed by atoms with Crippen LogP contribution in [0, 0.1) is 0 Å². The molecule has 0 aliphatic heterocycles. The molecule has 2 aromatic carbocycles. The summed E-state index contributed by atoms with van der Waals surface area (Å²) in [7, 11) is 0. The van der Waals surface area contributed by atoms with Crippen LogP contribution in [0.5, 0.6) is 0 Å². The summed E-state index contributed by atoms with van der Waals surface area (Å²) in [5, 5.41) is 0. The first-order chi connectivity index (χ1) is 12.2. The summed E-state index contributed by atoms with van der Waals surface area (Å²) in [4.78, 5) is 0. The van der Waals surface area contributed by atoms with Crippen molar-refractivity contribution in [3.63, 3.8) is 0 Å². The van der Waals surface area contributed by atoms with Crippen LogP contribution in [0.2, 0.25) is 0 Å². The Morgan fingerprint density at radius 2 is 1.20 bits per heavy atom. The molecule has 0 N–H and O–H groups in total. The summed E-state index contributed by atoms with van der Waals surface area (Å²) < 4.78 is 6.39. The lowest BCUT2D eigenvalue weighted by atomic mass is 9.59. The molecule has 0 heterocycles. The minimum Gasteiger partial charge on any atom is -0.365 e. The summed E-state index contributed by atoms with van der Waals surface area (Å²) in [6.45, 7) is 7.27. The van der Waals surface area contributed by atoms with Crippen LogP contribution < -0.4 is 0 Å². The molecular formula is C23H29ClO. The van der Waals surface area contributed by atoms with E-state index in [1.165, 1.54) is 22.3 Å². The average molecular weight is 357 g/mol. The molecule has 0 amide bonds. The third-order valence-electron chi connectivity index (χ3n) is 5.69. The van der Waals surface area contributed by atoms with Crippen molar-refractivity contribution in [3.05, 3.63) is 70.8 Å². The van der Waals surface area contributed by atoms with Crippen molar-refractivity contribution >= 4 is 11.6 Å². The summed E-state index contributed by atoms with van der Waals surface area (Å²) in [5.41, 5.74) is 4.84. The lowest BCUT2D eigenvalue weighted by molar-refractivity contribution is 0.000946. The van der Waals surface area contributed by atoms with Crippen LogP contribution in [0.1, 0.15) is 68.7 Å². The van der Waals surface area contributed by atoms with Gasteiger partial charge in [0.2, 0.25) is 0 Å². The molecule has 134 valence electrons. The number of hydrogen-bond donors (Lipinski definition) is 0. The van der Waals surface area contributed by atoms with Gasteiger partial charge in [-0.15, -0.1) is 11.6 Å². The number of halogens is 1. The number of fused-ring (bicyclic) bond motifs is 2. The van der Waals surface area contributed by atoms with E-state index in [0.717, 1.165) is 25.7 Å². The molecule has 25 heavy (non-hydrogen) atoms. The minimum absolute atomic E-state index is 0.0589. The average Bonchev–Trinajstić information content (AvgIpc) is 2.66. The summed E-state index contributed by atoms with van der Waals surface area (Å²) in [6.07, 6.45) is 4.62. The molecule has 2 aromatic rings. The molecule has 0 spiro atoms. The van der Waals surface area contributed by atoms with Gasteiger partial charge < -0.3 is 4.74 Å². The van der Waals surface area contributed by atoms with E-state index in [9.17, 15) is 0 Å². The highest BCUT2D eigenvalue weighted by molar-refractivity contribution is 6.19. The van der Waals surface area contributed by atoms with Crippen molar-refractivity contribution in [2.45, 2.75) is 57.5 Å². The zero-order valence-corrected chi connectivity index (χ0v) is 16.4. The summed E-state index contributed by atoms with van der Waals surface area (Å²) in [5.74, 6) is 0.434. The molecule has 0 atom stereocenters. The SMILES string of the molecule is CCCC1(CCC)c2ccccc2C(CCl)(OCC)c2ccccc21. The normalized spacial score (nSPS) is 17.0. The van der Waals surface area contributed by atoms with Crippen LogP contribution in [0.15, 0.2) is 48.5 Å². The fourth-order valence-corrected chi connectivity index (χ4v) is 5.26. The molecule has 3 rings (SSSR count). The number of rotatable bonds is 7. The molecule has 0 aromatic heterocycles. The Morgan fingerprint density at radius 3 is 1.56 bits per heavy atom. The van der Waals surface area contributed by atoms with Gasteiger partial charge in [-0.1, -0.05) is 75.2 Å². The van der Waals surface area contributed by atoms with E-state index in [1.807, 2.05) is 0 Å². The zero-order chi connectivity index (χ0) is 17.9. The van der Waals surface area contributed by atoms with Crippen molar-refractivity contribution in [1.82, 2.24) is 0 Å². The van der Waals surface area contributed by atoms with Gasteiger partial charge in [-0.25, -0.2) is 0 Å². The highest BCUT2D eigenvalue weighted by Gasteiger charge is 2.49. The third-order valence-corrected chi connectivity index (χ3v) is 6.06. The molecule has 0 unspecified atom stereocenters. The molecule has 2 heteroatoms. The van der Waals surface area contributed by atoms with Crippen molar-refractivity contribution in [2.75, 3.05) is 12.5 Å². The van der Waals surface area contributed by atoms with Crippen molar-refractivity contribution in [1.29, 1.82) is 0 Å². The molecule has 0 saturated heterocycles. The molecule has 1 aliphatic rings. The van der Waals surface area contributed by atoms with E-state index in [1.54, 1.807) is 0 Å². The maximum atomic E-state index is 6.59. The lowest BCUT2D eigenvalue weighted by Crippen LogP contribution is -2.45. The quantitative estimate of drug-likeness (QED) is 0.521. The van der Waals surface area contributed by atoms with Gasteiger partial charge in [0.05, 0.1) is 5.88 Å². The minimum atomic E-state index is -0.547. The first kappa shape index (κ1) is 18.5. The maximum absolute atomic E-state index is 6.59. The van der Waals surface area contributed by atoms with E-state index in [2.05, 4.69) is 69.3 Å². The van der Waals surface area contributed by atoms with Crippen molar-refractivity contribution in [2.24, 2.45) is 0 Å². The van der Waals surface area contributed by atoms with E-state index in [-0.39, 0.29) is 5.41 Å². The van der Waals surface area contributed by atoms with Crippen LogP contribution in [0.4, 0.5) is 0 Å². The number of ether oxygens (including phenoxy) is 1. The number of benzene rings is 2. The molecule has 0 fully saturated rings. The van der Waals surface area contributed by atoms with Crippen LogP contribution >= 0.6 is 11.6 Å². The van der Waals surface area contributed by atoms with Gasteiger partial charge in [0.15, 0.2) is 0 Å². The van der Waals surface area contributed by atoms with Gasteiger partial charge in [-0.2, -0.15) is 0 Å². The van der Waals surface area contributed by atoms with E-state index < -0.39 is 5.60 Å². The summed E-state index contributed by atoms with van der Waals surface area (Å²) >= 11 is 6.59. The fraction of sp³-hybridized carbons (Fsp3) is 0.478. The highest BCUT2D eigenvalue weighted by atomic mass is 35.5. The number of alkyl halides is 1. The van der Waals surface area contributed by atoms with Crippen LogP contribution in [0.3, 0.4) is 0 Å². The molecule has 0 saturated carbocycles. The van der Waals surface area contributed by atoms with Crippen LogP contribution in [-0.2, 0) is 15.8 Å². The Balaban J connectivity index is 2.38. The Morgan fingerprint density at radius 1 is 0.760 bits per heavy atom. The molecule has 0 radical (unpaired) electrons. The fourth-order valence-electron chi connectivity index (χ4n) is 4.90. The predicted octanol–water partition coefficient (Wildman–Crippen LogP) is 6.41. The largest absolute Gasteiger partial charge is 0.365 e. The zero-order valence-electron chi connectivity index (χ0n) is 15.6. The van der Waals surface area contributed by atoms with Gasteiger partial charge in [-0.05, 0) is 42.0 Å². The van der Waals surface area contributed by atoms with Gasteiger partial charge in [0, 0.05) is 12.0 Å². The van der Waals surface area contributed by atoms with Crippen LogP contribution in [0.25, 0.3) is 0 Å². The van der Waals surface area contributed by atoms with Gasteiger partial charge in [-0.3, -0.25) is 0 Å². The summed E-state index contributed by atoms with van der Waals surface area (Å²) in [6, 6.07) is 17.6. The van der Waals surface area contributed by atoms with Crippen molar-refractivity contribution < 1.29 is 4.74 Å². The van der Waals surface area contributed by atoms with E-state index in [0.29, 0.717) is 12.5 Å². The Kier molecular flexibility index (Phi) is 5.55. The smallest absolute Gasteiger partial charge is 0.132 e. The standard InChI is InChI=1S/C23H29ClO/c1-4-15-22(16-5-2)18-11-7-9-13-20(18)23(17-24,25-6-3)21-14-10-8-12-19(21)22/h7-14H,4-6,15-17H2,1-3H3.